The average molecular weight is 574 g/mol. The van der Waals surface area contributed by atoms with Gasteiger partial charge in [-0.05, 0) is 5.53 Å². The minimum absolute atomic E-state index is 0.152. The first-order valence-electron chi connectivity index (χ1n) is 11.9. The Morgan fingerprint density at radius 2 is 1.00 bits per heavy atom. The van der Waals surface area contributed by atoms with Crippen LogP contribution in [0.1, 0.15) is 0 Å². The van der Waals surface area contributed by atoms with Gasteiger partial charge in [-0.1, -0.05) is 22.8 Å². The van der Waals surface area contributed by atoms with Crippen LogP contribution in [0.5, 0.6) is 0 Å². The molecule has 1 amide bonds. The Bertz CT molecular complexity index is 605. The fourth-order valence-electron chi connectivity index (χ4n) is 2.19. The Morgan fingerprint density at radius 3 is 1.37 bits per heavy atom. The van der Waals surface area contributed by atoms with E-state index in [2.05, 4.69) is 37.7 Å². The molecule has 0 aromatic heterocycles. The van der Waals surface area contributed by atoms with Gasteiger partial charge in [0.25, 0.3) is 0 Å². The van der Waals surface area contributed by atoms with Crippen molar-refractivity contribution < 1.29 is 57.1 Å². The molecule has 0 saturated carbocycles. The highest BCUT2D eigenvalue weighted by Gasteiger charge is 2.10. The van der Waals surface area contributed by atoms with Crippen molar-refractivity contribution in [2.24, 2.45) is 5.11 Å². The molecule has 0 fully saturated rings. The molecule has 17 nitrogen and oxygen atoms in total. The first-order valence-corrected chi connectivity index (χ1v) is 12.3. The van der Waals surface area contributed by atoms with E-state index in [1.807, 2.05) is 0 Å². The quantitative estimate of drug-likeness (QED) is 0.0172. The largest absolute Gasteiger partial charge is 0.537 e. The van der Waals surface area contributed by atoms with Gasteiger partial charge < -0.3 is 52.8 Å². The maximum Gasteiger partial charge on any atom is 0.537 e. The van der Waals surface area contributed by atoms with Crippen LogP contribution in [-0.4, -0.2) is 131 Å². The number of nitrogens with zero attached hydrogens (tertiary/aromatic N) is 3. The van der Waals surface area contributed by atoms with Crippen LogP contribution in [0.2, 0.25) is 0 Å². The molecule has 2 N–H and O–H groups in total. The average Bonchev–Trinajstić information content (AvgIpc) is 2.90. The van der Waals surface area contributed by atoms with E-state index in [1.165, 1.54) is 0 Å². The molecule has 0 unspecified atom stereocenters. The van der Waals surface area contributed by atoms with Gasteiger partial charge in [-0.15, -0.1) is 0 Å². The summed E-state index contributed by atoms with van der Waals surface area (Å²) in [6.07, 6.45) is -2.19. The van der Waals surface area contributed by atoms with Crippen LogP contribution >= 0.6 is 12.8 Å². The van der Waals surface area contributed by atoms with Gasteiger partial charge in [-0.3, -0.25) is 0 Å². The van der Waals surface area contributed by atoms with Crippen molar-refractivity contribution in [3.05, 3.63) is 10.4 Å². The van der Waals surface area contributed by atoms with Crippen LogP contribution < -0.4 is 10.2 Å². The molecule has 222 valence electrons. The Kier molecular flexibility index (Phi) is 29.6. The smallest absolute Gasteiger partial charge is 0.379 e. The molecule has 0 aromatic rings. The zero-order valence-corrected chi connectivity index (χ0v) is 22.3. The number of rotatable bonds is 28. The Labute approximate surface area is 227 Å². The highest BCUT2D eigenvalue weighted by Crippen LogP contribution is 1.87. The van der Waals surface area contributed by atoms with Crippen LogP contribution in [0.15, 0.2) is 5.11 Å². The number of thiol groups is 1. The second kappa shape index (κ2) is 31.3. The normalized spacial score (nSPS) is 10.7. The summed E-state index contributed by atoms with van der Waals surface area (Å²) < 4.78 is 46.9. The van der Waals surface area contributed by atoms with Gasteiger partial charge in [-0.25, -0.2) is 9.59 Å². The molecule has 38 heavy (non-hydrogen) atoms. The third-order valence-electron chi connectivity index (χ3n) is 3.82. The molecule has 0 bridgehead atoms. The van der Waals surface area contributed by atoms with Gasteiger partial charge in [0.2, 0.25) is 0 Å². The summed E-state index contributed by atoms with van der Waals surface area (Å²) in [5.41, 5.74) is 8.11. The molecule has 0 aromatic carbocycles. The monoisotopic (exact) mass is 573 g/mol. The zero-order chi connectivity index (χ0) is 27.8. The van der Waals surface area contributed by atoms with Crippen molar-refractivity contribution in [1.29, 1.82) is 0 Å². The zero-order valence-electron chi connectivity index (χ0n) is 21.4. The van der Waals surface area contributed by atoms with E-state index < -0.39 is 12.2 Å². The number of amides is 1. The molecule has 18 heteroatoms. The third-order valence-corrected chi connectivity index (χ3v) is 3.91. The number of hydrogen-bond donors (Lipinski definition) is 3. The lowest BCUT2D eigenvalue weighted by Crippen LogP contribution is -2.31. The number of hydrogen-bond acceptors (Lipinski definition) is 15. The van der Waals surface area contributed by atoms with E-state index in [9.17, 15) is 9.59 Å². The number of nitrogens with one attached hydrogen (secondary N) is 2. The van der Waals surface area contributed by atoms with Crippen LogP contribution in [0, 0.1) is 0 Å². The maximum atomic E-state index is 11.2. The molecular formula is C20H39N5O12S. The molecule has 0 radical (unpaired) electrons. The fraction of sp³-hybridized carbons (Fsp3) is 0.900. The number of carbonyl (C=O) groups excluding carboxylic acids is 2. The summed E-state index contributed by atoms with van der Waals surface area (Å²) in [5.74, 6) is 0. The van der Waals surface area contributed by atoms with Crippen molar-refractivity contribution >= 4 is 25.1 Å². The summed E-state index contributed by atoms with van der Waals surface area (Å²) in [7, 11) is 0. The molecule has 0 saturated heterocycles. The van der Waals surface area contributed by atoms with Gasteiger partial charge in [0.05, 0.1) is 106 Å². The summed E-state index contributed by atoms with van der Waals surface area (Å²) >= 11 is 3.41. The van der Waals surface area contributed by atoms with E-state index in [0.717, 1.165) is 0 Å². The molecule has 0 spiro atoms. The van der Waals surface area contributed by atoms with Crippen LogP contribution in [-0.2, 0) is 47.5 Å². The van der Waals surface area contributed by atoms with Gasteiger partial charge >= 0.3 is 12.2 Å². The van der Waals surface area contributed by atoms with Crippen molar-refractivity contribution in [3.63, 3.8) is 0 Å². The van der Waals surface area contributed by atoms with Crippen LogP contribution in [0.25, 0.3) is 10.4 Å². The molecule has 0 rings (SSSR count). The van der Waals surface area contributed by atoms with Crippen molar-refractivity contribution in [2.45, 2.75) is 0 Å². The number of carbonyl (C=O) groups is 2. The summed E-state index contributed by atoms with van der Waals surface area (Å²) in [5, 5.41) is 5.66. The molecule has 0 aliphatic heterocycles. The lowest BCUT2D eigenvalue weighted by Gasteiger charge is -2.09. The standard InChI is InChI=1S/C20H39N5O12S/c21-24-23-2-4-29-6-8-31-10-12-33-14-16-35-18-17-34-15-13-32-11-9-30-7-5-28-3-1-22-19(26)36-20(27)37-25-38/h25,38H,1-18H2,(H,22,26). The Morgan fingerprint density at radius 1 is 0.632 bits per heavy atom. The molecule has 0 aliphatic rings. The summed E-state index contributed by atoms with van der Waals surface area (Å²) in [6.45, 7) is 7.22. The van der Waals surface area contributed by atoms with Gasteiger partial charge in [0.1, 0.15) is 0 Å². The predicted molar refractivity (Wildman–Crippen MR) is 134 cm³/mol. The maximum absolute atomic E-state index is 11.2. The third kappa shape index (κ3) is 30.3. The van der Waals surface area contributed by atoms with E-state index in [4.69, 9.17) is 43.4 Å². The highest BCUT2D eigenvalue weighted by molar-refractivity contribution is 7.77. The van der Waals surface area contributed by atoms with Crippen molar-refractivity contribution in [1.82, 2.24) is 10.2 Å². The van der Waals surface area contributed by atoms with Gasteiger partial charge in [0, 0.05) is 18.0 Å². The van der Waals surface area contributed by atoms with Gasteiger partial charge in [0.15, 0.2) is 0 Å². The van der Waals surface area contributed by atoms with E-state index >= 15 is 0 Å². The first-order chi connectivity index (χ1) is 18.7. The Balaban J connectivity index is 3.12. The highest BCUT2D eigenvalue weighted by atomic mass is 32.1. The lowest BCUT2D eigenvalue weighted by molar-refractivity contribution is -0.0228. The number of ether oxygens (including phenoxy) is 9. The summed E-state index contributed by atoms with van der Waals surface area (Å²) in [6, 6.07) is 0. The van der Waals surface area contributed by atoms with E-state index in [0.29, 0.717) is 106 Å². The van der Waals surface area contributed by atoms with Gasteiger partial charge in [-0.2, -0.15) is 0 Å². The lowest BCUT2D eigenvalue weighted by atomic mass is 10.6. The van der Waals surface area contributed by atoms with Crippen LogP contribution in [0.3, 0.4) is 0 Å². The first kappa shape index (κ1) is 36.0. The SMILES string of the molecule is [N-]=[N+]=NCCOCCOCCOCCOCCOCCOCCOCCOCCNC(=O)OC(=O)ONS. The minimum atomic E-state index is -1.23. The Hall–Kier alpha value is -1.96. The molecule has 0 aliphatic carbocycles. The fourth-order valence-corrected chi connectivity index (χ4v) is 2.26. The minimum Gasteiger partial charge on any atom is -0.379 e. The predicted octanol–water partition coefficient (Wildman–Crippen LogP) is 0.642. The van der Waals surface area contributed by atoms with Crippen molar-refractivity contribution in [3.8, 4) is 0 Å². The van der Waals surface area contributed by atoms with E-state index in [-0.39, 0.29) is 13.2 Å². The molecule has 0 heterocycles. The summed E-state index contributed by atoms with van der Waals surface area (Å²) in [4.78, 5) is 30.5. The number of alkyl carbamates (subject to hydrolysis) is 1. The van der Waals surface area contributed by atoms with Crippen molar-refractivity contribution in [2.75, 3.05) is 119 Å². The second-order valence-corrected chi connectivity index (χ2v) is 6.80. The second-order valence-electron chi connectivity index (χ2n) is 6.61. The number of azide groups is 1. The van der Waals surface area contributed by atoms with E-state index in [1.54, 1.807) is 4.89 Å². The van der Waals surface area contributed by atoms with Crippen LogP contribution in [0.4, 0.5) is 9.59 Å². The molecule has 0 atom stereocenters. The molecular weight excluding hydrogens is 534 g/mol. The topological polar surface area (TPSA) is 199 Å².